The maximum Gasteiger partial charge on any atom is 0.492 e. The van der Waals surface area contributed by atoms with Crippen LogP contribution in [0.4, 0.5) is 4.39 Å². The predicted octanol–water partition coefficient (Wildman–Crippen LogP) is 1.32. The normalized spacial score (nSPS) is 10.7. The van der Waals surface area contributed by atoms with E-state index in [-0.39, 0.29) is 11.2 Å². The summed E-state index contributed by atoms with van der Waals surface area (Å²) in [6, 6.07) is 3.66. The number of ether oxygens (including phenoxy) is 1. The van der Waals surface area contributed by atoms with Crippen molar-refractivity contribution < 1.29 is 19.2 Å². The molecule has 0 aliphatic rings. The third-order valence-corrected chi connectivity index (χ3v) is 2.44. The van der Waals surface area contributed by atoms with Crippen molar-refractivity contribution in [3.63, 3.8) is 0 Å². The summed E-state index contributed by atoms with van der Waals surface area (Å²) in [5.41, 5.74) is 0.191. The molecule has 0 bridgehead atoms. The third-order valence-electron chi connectivity index (χ3n) is 2.44. The average Bonchev–Trinajstić information content (AvgIpc) is 2.23. The van der Waals surface area contributed by atoms with Crippen LogP contribution in [-0.2, 0) is 0 Å². The van der Waals surface area contributed by atoms with Crippen LogP contribution in [0, 0.1) is 11.7 Å². The molecule has 17 heavy (non-hydrogen) atoms. The maximum absolute atomic E-state index is 13.0. The molecule has 1 aromatic carbocycles. The molecule has 5 heteroatoms. The summed E-state index contributed by atoms with van der Waals surface area (Å²) in [5.74, 6) is 0.339. The first-order valence-electron chi connectivity index (χ1n) is 5.79. The van der Waals surface area contributed by atoms with Crippen LogP contribution in [0.2, 0.25) is 0 Å². The summed E-state index contributed by atoms with van der Waals surface area (Å²) >= 11 is 0. The predicted molar refractivity (Wildman–Crippen MR) is 65.8 cm³/mol. The van der Waals surface area contributed by atoms with Gasteiger partial charge in [0.05, 0.1) is 6.61 Å². The van der Waals surface area contributed by atoms with Gasteiger partial charge in [0, 0.05) is 11.5 Å². The molecule has 0 heterocycles. The average molecular weight is 240 g/mol. The van der Waals surface area contributed by atoms with Crippen LogP contribution in [0.25, 0.3) is 0 Å². The molecule has 0 fully saturated rings. The van der Waals surface area contributed by atoms with E-state index in [4.69, 9.17) is 14.8 Å². The Bertz CT molecular complexity index is 356. The maximum atomic E-state index is 13.0. The molecule has 3 nitrogen and oxygen atoms in total. The monoisotopic (exact) mass is 240 g/mol. The largest absolute Gasteiger partial charge is 0.494 e. The number of hydrogen-bond donors (Lipinski definition) is 2. The second-order valence-electron chi connectivity index (χ2n) is 4.44. The highest BCUT2D eigenvalue weighted by Crippen LogP contribution is 2.12. The van der Waals surface area contributed by atoms with Crippen LogP contribution in [0.3, 0.4) is 0 Å². The van der Waals surface area contributed by atoms with Crippen molar-refractivity contribution in [3.8, 4) is 5.75 Å². The fraction of sp³-hybridized carbons (Fsp3) is 0.500. The summed E-state index contributed by atoms with van der Waals surface area (Å²) in [6.07, 6.45) is 1.88. The zero-order valence-electron chi connectivity index (χ0n) is 10.2. The van der Waals surface area contributed by atoms with E-state index >= 15 is 0 Å². The topological polar surface area (TPSA) is 49.7 Å². The van der Waals surface area contributed by atoms with Gasteiger partial charge in [-0.15, -0.1) is 0 Å². The van der Waals surface area contributed by atoms with E-state index < -0.39 is 12.9 Å². The molecule has 0 saturated carbocycles. The van der Waals surface area contributed by atoms with Crippen LogP contribution >= 0.6 is 0 Å². The Morgan fingerprint density at radius 2 is 2.06 bits per heavy atom. The zero-order valence-corrected chi connectivity index (χ0v) is 10.2. The van der Waals surface area contributed by atoms with E-state index in [9.17, 15) is 4.39 Å². The molecule has 0 amide bonds. The van der Waals surface area contributed by atoms with Gasteiger partial charge in [-0.25, -0.2) is 4.39 Å². The molecule has 0 unspecified atom stereocenters. The molecule has 0 aliphatic heterocycles. The summed E-state index contributed by atoms with van der Waals surface area (Å²) in [4.78, 5) is 0. The smallest absolute Gasteiger partial charge is 0.492 e. The van der Waals surface area contributed by atoms with E-state index in [1.54, 1.807) is 0 Å². The summed E-state index contributed by atoms with van der Waals surface area (Å²) < 4.78 is 18.4. The van der Waals surface area contributed by atoms with Crippen LogP contribution in [0.15, 0.2) is 18.2 Å². The molecule has 0 saturated heterocycles. The van der Waals surface area contributed by atoms with Gasteiger partial charge in [-0.2, -0.15) is 0 Å². The van der Waals surface area contributed by atoms with E-state index in [2.05, 4.69) is 13.8 Å². The summed E-state index contributed by atoms with van der Waals surface area (Å²) in [6.45, 7) is 4.68. The van der Waals surface area contributed by atoms with Gasteiger partial charge in [-0.1, -0.05) is 19.9 Å². The van der Waals surface area contributed by atoms with Gasteiger partial charge < -0.3 is 14.8 Å². The van der Waals surface area contributed by atoms with E-state index in [0.29, 0.717) is 12.5 Å². The molecule has 94 valence electrons. The number of benzene rings is 1. The van der Waals surface area contributed by atoms with Crippen molar-refractivity contribution in [1.29, 1.82) is 0 Å². The van der Waals surface area contributed by atoms with Crippen molar-refractivity contribution in [2.45, 2.75) is 26.7 Å². The van der Waals surface area contributed by atoms with Crippen LogP contribution in [0.1, 0.15) is 26.7 Å². The van der Waals surface area contributed by atoms with Crippen molar-refractivity contribution in [2.75, 3.05) is 6.61 Å². The van der Waals surface area contributed by atoms with Gasteiger partial charge in [-0.3, -0.25) is 0 Å². The molecular weight excluding hydrogens is 222 g/mol. The van der Waals surface area contributed by atoms with E-state index in [1.807, 2.05) is 0 Å². The Labute approximate surface area is 101 Å². The Morgan fingerprint density at radius 3 is 2.65 bits per heavy atom. The second-order valence-corrected chi connectivity index (χ2v) is 4.44. The van der Waals surface area contributed by atoms with Gasteiger partial charge in [0.2, 0.25) is 0 Å². The van der Waals surface area contributed by atoms with E-state index in [1.165, 1.54) is 18.2 Å². The minimum absolute atomic E-state index is 0.191. The van der Waals surface area contributed by atoms with Gasteiger partial charge in [0.25, 0.3) is 0 Å². The first-order chi connectivity index (χ1) is 8.00. The first-order valence-corrected chi connectivity index (χ1v) is 5.79. The van der Waals surface area contributed by atoms with Crippen molar-refractivity contribution >= 4 is 12.6 Å². The lowest BCUT2D eigenvalue weighted by Gasteiger charge is -2.11. The quantitative estimate of drug-likeness (QED) is 0.582. The van der Waals surface area contributed by atoms with Crippen molar-refractivity contribution in [3.05, 3.63) is 24.0 Å². The standard InChI is InChI=1S/C12H18BFO3/c1-9(2)4-3-7-17-12-8-10(14)5-6-11(12)13(15)16/h5-6,8-9,15-16H,3-4,7H2,1-2H3. The number of hydrogen-bond acceptors (Lipinski definition) is 3. The number of halogens is 1. The fourth-order valence-corrected chi connectivity index (χ4v) is 1.52. The Balaban J connectivity index is 2.59. The van der Waals surface area contributed by atoms with E-state index in [0.717, 1.165) is 12.8 Å². The highest BCUT2D eigenvalue weighted by Gasteiger charge is 2.17. The highest BCUT2D eigenvalue weighted by molar-refractivity contribution is 6.59. The Morgan fingerprint density at radius 1 is 1.35 bits per heavy atom. The van der Waals surface area contributed by atoms with Crippen LogP contribution < -0.4 is 10.2 Å². The van der Waals surface area contributed by atoms with Crippen molar-refractivity contribution in [2.24, 2.45) is 5.92 Å². The molecule has 0 spiro atoms. The molecule has 0 atom stereocenters. The molecule has 0 aromatic heterocycles. The molecule has 1 rings (SSSR count). The zero-order chi connectivity index (χ0) is 12.8. The lowest BCUT2D eigenvalue weighted by molar-refractivity contribution is 0.297. The lowest BCUT2D eigenvalue weighted by Crippen LogP contribution is -2.31. The third kappa shape index (κ3) is 4.75. The molecule has 2 N–H and O–H groups in total. The van der Waals surface area contributed by atoms with Gasteiger partial charge >= 0.3 is 7.12 Å². The van der Waals surface area contributed by atoms with Crippen molar-refractivity contribution in [1.82, 2.24) is 0 Å². The molecule has 0 aliphatic carbocycles. The minimum Gasteiger partial charge on any atom is -0.494 e. The second kappa shape index (κ2) is 6.62. The fourth-order valence-electron chi connectivity index (χ4n) is 1.52. The Kier molecular flexibility index (Phi) is 5.45. The lowest BCUT2D eigenvalue weighted by atomic mass is 9.79. The summed E-state index contributed by atoms with van der Waals surface area (Å²) in [7, 11) is -1.64. The first kappa shape index (κ1) is 14.0. The number of rotatable bonds is 6. The highest BCUT2D eigenvalue weighted by atomic mass is 19.1. The molecule has 1 aromatic rings. The van der Waals surface area contributed by atoms with Gasteiger partial charge in [-0.05, 0) is 24.8 Å². The van der Waals surface area contributed by atoms with Gasteiger partial charge in [0.1, 0.15) is 11.6 Å². The SMILES string of the molecule is CC(C)CCCOc1cc(F)ccc1B(O)O. The Hall–Kier alpha value is -1.07. The molecular formula is C12H18BFO3. The van der Waals surface area contributed by atoms with Crippen LogP contribution in [-0.4, -0.2) is 23.8 Å². The molecule has 0 radical (unpaired) electrons. The van der Waals surface area contributed by atoms with Gasteiger partial charge in [0.15, 0.2) is 0 Å². The minimum atomic E-state index is -1.64. The van der Waals surface area contributed by atoms with Crippen LogP contribution in [0.5, 0.6) is 5.75 Å². The summed E-state index contributed by atoms with van der Waals surface area (Å²) in [5, 5.41) is 18.2.